The molecule has 0 aromatic rings. The number of aliphatic imine (C=N–C) groups is 1. The molecule has 2 rings (SSSR count). The molecular weight excluding hydrogens is 244 g/mol. The summed E-state index contributed by atoms with van der Waals surface area (Å²) in [6, 6.07) is 0. The summed E-state index contributed by atoms with van der Waals surface area (Å²) >= 11 is 0. The number of nitrogens with zero attached hydrogens (tertiary/aromatic N) is 2. The van der Waals surface area contributed by atoms with E-state index in [1.807, 2.05) is 12.2 Å². The minimum Gasteiger partial charge on any atom is -0.356 e. The van der Waals surface area contributed by atoms with E-state index >= 15 is 0 Å². The topological polar surface area (TPSA) is 15.6 Å². The van der Waals surface area contributed by atoms with E-state index < -0.39 is 0 Å². The zero-order valence-electron chi connectivity index (χ0n) is 12.8. The van der Waals surface area contributed by atoms with E-state index in [1.165, 1.54) is 18.4 Å². The fourth-order valence-electron chi connectivity index (χ4n) is 2.80. The van der Waals surface area contributed by atoms with Crippen LogP contribution in [0.5, 0.6) is 0 Å². The van der Waals surface area contributed by atoms with E-state index in [0.717, 1.165) is 31.2 Å². The van der Waals surface area contributed by atoms with Crippen LogP contribution >= 0.6 is 0 Å². The van der Waals surface area contributed by atoms with Crippen molar-refractivity contribution in [2.75, 3.05) is 13.1 Å². The number of piperidine rings is 1. The van der Waals surface area contributed by atoms with Crippen molar-refractivity contribution in [1.82, 2.24) is 4.90 Å². The Kier molecular flexibility index (Phi) is 5.40. The largest absolute Gasteiger partial charge is 0.356 e. The summed E-state index contributed by atoms with van der Waals surface area (Å²) in [5.74, 6) is 2.40. The molecule has 108 valence electrons. The summed E-state index contributed by atoms with van der Waals surface area (Å²) in [6.07, 6.45) is 16.1. The number of allylic oxidation sites excluding steroid dienone is 6. The van der Waals surface area contributed by atoms with Crippen molar-refractivity contribution in [1.29, 1.82) is 0 Å². The predicted octanol–water partition coefficient (Wildman–Crippen LogP) is 4.34. The minimum atomic E-state index is 0.507. The van der Waals surface area contributed by atoms with Gasteiger partial charge in [0.2, 0.25) is 0 Å². The Morgan fingerprint density at radius 3 is 2.95 bits per heavy atom. The van der Waals surface area contributed by atoms with Crippen molar-refractivity contribution in [2.45, 2.75) is 33.1 Å². The fourth-order valence-corrected chi connectivity index (χ4v) is 2.80. The Hall–Kier alpha value is -1.57. The molecule has 1 saturated heterocycles. The van der Waals surface area contributed by atoms with Crippen molar-refractivity contribution in [3.8, 4) is 0 Å². The molecule has 20 heavy (non-hydrogen) atoms. The van der Waals surface area contributed by atoms with Crippen LogP contribution < -0.4 is 0 Å². The van der Waals surface area contributed by atoms with Gasteiger partial charge in [0.05, 0.1) is 0 Å². The van der Waals surface area contributed by atoms with E-state index in [0.29, 0.717) is 5.92 Å². The molecule has 0 aromatic carbocycles. The molecule has 0 saturated carbocycles. The van der Waals surface area contributed by atoms with Crippen molar-refractivity contribution in [3.05, 3.63) is 48.4 Å². The van der Waals surface area contributed by atoms with E-state index in [1.54, 1.807) is 0 Å². The predicted molar refractivity (Wildman–Crippen MR) is 87.7 cm³/mol. The maximum Gasteiger partial charge on any atom is 0.128 e. The van der Waals surface area contributed by atoms with Crippen molar-refractivity contribution >= 4 is 6.21 Å². The SMILES string of the molecule is C=C/C=C/C1=C/C=C(/N2CCC[C@H](C)C2)N=CCC1C. The zero-order valence-corrected chi connectivity index (χ0v) is 12.8. The van der Waals surface area contributed by atoms with Gasteiger partial charge in [-0.1, -0.05) is 44.7 Å². The van der Waals surface area contributed by atoms with Crippen LogP contribution in [0, 0.1) is 11.8 Å². The third kappa shape index (κ3) is 3.96. The van der Waals surface area contributed by atoms with Crippen LogP contribution in [0.25, 0.3) is 0 Å². The summed E-state index contributed by atoms with van der Waals surface area (Å²) in [5.41, 5.74) is 1.35. The van der Waals surface area contributed by atoms with Gasteiger partial charge in [-0.15, -0.1) is 0 Å². The van der Waals surface area contributed by atoms with Crippen LogP contribution in [-0.2, 0) is 0 Å². The van der Waals surface area contributed by atoms with Gasteiger partial charge in [-0.05, 0) is 42.7 Å². The van der Waals surface area contributed by atoms with Gasteiger partial charge >= 0.3 is 0 Å². The van der Waals surface area contributed by atoms with Gasteiger partial charge in [0, 0.05) is 19.3 Å². The van der Waals surface area contributed by atoms with Crippen LogP contribution in [0.2, 0.25) is 0 Å². The molecular formula is C18H26N2. The first-order valence-electron chi connectivity index (χ1n) is 7.69. The summed E-state index contributed by atoms with van der Waals surface area (Å²) in [5, 5.41) is 0. The Bertz CT molecular complexity index is 454. The standard InChI is InChI=1S/C18H26N2/c1-4-5-8-17-9-10-18(19-12-11-16(17)3)20-13-6-7-15(2)14-20/h4-5,8-10,12,15-16H,1,6-7,11,13-14H2,2-3H3/b8-5+,17-9-,18-10+,19-12?/t15-,16?/m0/s1. The molecule has 2 nitrogen and oxygen atoms in total. The molecule has 1 unspecified atom stereocenters. The first-order chi connectivity index (χ1) is 9.70. The highest BCUT2D eigenvalue weighted by molar-refractivity contribution is 5.61. The van der Waals surface area contributed by atoms with E-state index in [4.69, 9.17) is 0 Å². The molecule has 0 aromatic heterocycles. The second-order valence-electron chi connectivity index (χ2n) is 5.93. The third-order valence-electron chi connectivity index (χ3n) is 4.08. The molecule has 2 heterocycles. The molecule has 0 amide bonds. The van der Waals surface area contributed by atoms with E-state index in [9.17, 15) is 0 Å². The maximum absolute atomic E-state index is 4.68. The van der Waals surface area contributed by atoms with Crippen molar-refractivity contribution in [3.63, 3.8) is 0 Å². The lowest BCUT2D eigenvalue weighted by Crippen LogP contribution is -2.33. The first-order valence-corrected chi connectivity index (χ1v) is 7.69. The zero-order chi connectivity index (χ0) is 14.4. The van der Waals surface area contributed by atoms with Crippen molar-refractivity contribution < 1.29 is 0 Å². The summed E-state index contributed by atoms with van der Waals surface area (Å²) in [7, 11) is 0. The molecule has 2 atom stereocenters. The Balaban J connectivity index is 2.19. The maximum atomic E-state index is 4.68. The highest BCUT2D eigenvalue weighted by Crippen LogP contribution is 2.23. The molecule has 0 radical (unpaired) electrons. The van der Waals surface area contributed by atoms with Gasteiger partial charge in [0.25, 0.3) is 0 Å². The highest BCUT2D eigenvalue weighted by atomic mass is 15.2. The smallest absolute Gasteiger partial charge is 0.128 e. The second-order valence-corrected chi connectivity index (χ2v) is 5.93. The van der Waals surface area contributed by atoms with E-state index in [2.05, 4.69) is 54.8 Å². The normalized spacial score (nSPS) is 33.0. The molecule has 2 aliphatic heterocycles. The van der Waals surface area contributed by atoms with Crippen molar-refractivity contribution in [2.24, 2.45) is 16.8 Å². The third-order valence-corrected chi connectivity index (χ3v) is 4.08. The van der Waals surface area contributed by atoms with Crippen LogP contribution in [0.15, 0.2) is 53.3 Å². The van der Waals surface area contributed by atoms with Crippen LogP contribution in [0.1, 0.15) is 33.1 Å². The van der Waals surface area contributed by atoms with Crippen LogP contribution in [0.3, 0.4) is 0 Å². The van der Waals surface area contributed by atoms with Gasteiger partial charge in [0.1, 0.15) is 5.82 Å². The molecule has 0 aliphatic carbocycles. The molecule has 2 aliphatic rings. The van der Waals surface area contributed by atoms with E-state index in [-0.39, 0.29) is 0 Å². The Morgan fingerprint density at radius 1 is 1.35 bits per heavy atom. The lowest BCUT2D eigenvalue weighted by molar-refractivity contribution is 0.227. The molecule has 2 heteroatoms. The van der Waals surface area contributed by atoms with Crippen LogP contribution in [0.4, 0.5) is 0 Å². The molecule has 1 fully saturated rings. The Labute approximate surface area is 123 Å². The number of hydrogen-bond donors (Lipinski definition) is 0. The average molecular weight is 270 g/mol. The molecule has 0 bridgehead atoms. The second kappa shape index (κ2) is 7.28. The van der Waals surface area contributed by atoms with Gasteiger partial charge in [0.15, 0.2) is 0 Å². The van der Waals surface area contributed by atoms with Gasteiger partial charge in [-0.3, -0.25) is 0 Å². The summed E-state index contributed by atoms with van der Waals surface area (Å²) in [4.78, 5) is 7.10. The molecule has 0 N–H and O–H groups in total. The first kappa shape index (κ1) is 14.8. The van der Waals surface area contributed by atoms with Crippen LogP contribution in [-0.4, -0.2) is 24.2 Å². The summed E-state index contributed by atoms with van der Waals surface area (Å²) in [6.45, 7) is 10.6. The fraction of sp³-hybridized carbons (Fsp3) is 0.500. The number of rotatable bonds is 3. The molecule has 0 spiro atoms. The summed E-state index contributed by atoms with van der Waals surface area (Å²) < 4.78 is 0. The average Bonchev–Trinajstić information content (AvgIpc) is 2.42. The van der Waals surface area contributed by atoms with Gasteiger partial charge in [-0.25, -0.2) is 4.99 Å². The lowest BCUT2D eigenvalue weighted by Gasteiger charge is -2.33. The lowest BCUT2D eigenvalue weighted by atomic mass is 9.96. The quantitative estimate of drug-likeness (QED) is 0.697. The number of likely N-dealkylation sites (tertiary alicyclic amines) is 1. The highest BCUT2D eigenvalue weighted by Gasteiger charge is 2.18. The Morgan fingerprint density at radius 2 is 2.20 bits per heavy atom. The van der Waals surface area contributed by atoms with Gasteiger partial charge in [-0.2, -0.15) is 0 Å². The number of hydrogen-bond acceptors (Lipinski definition) is 2. The minimum absolute atomic E-state index is 0.507. The monoisotopic (exact) mass is 270 g/mol. The van der Waals surface area contributed by atoms with Gasteiger partial charge < -0.3 is 4.90 Å².